The van der Waals surface area contributed by atoms with E-state index in [4.69, 9.17) is 17.3 Å². The zero-order valence-electron chi connectivity index (χ0n) is 8.23. The van der Waals surface area contributed by atoms with Gasteiger partial charge < -0.3 is 5.73 Å². The van der Waals surface area contributed by atoms with Gasteiger partial charge >= 0.3 is 0 Å². The lowest BCUT2D eigenvalue weighted by Crippen LogP contribution is -2.03. The summed E-state index contributed by atoms with van der Waals surface area (Å²) in [6, 6.07) is 9.67. The van der Waals surface area contributed by atoms with E-state index >= 15 is 0 Å². The second-order valence-corrected chi connectivity index (χ2v) is 3.71. The molecule has 0 aliphatic rings. The fraction of sp³-hybridized carbons (Fsp3) is 0.182. The highest BCUT2D eigenvalue weighted by Crippen LogP contribution is 2.15. The minimum atomic E-state index is 0.468. The van der Waals surface area contributed by atoms with Gasteiger partial charge in [-0.2, -0.15) is 5.10 Å². The van der Waals surface area contributed by atoms with Crippen molar-refractivity contribution in [1.29, 1.82) is 0 Å². The molecule has 1 heterocycles. The zero-order chi connectivity index (χ0) is 10.7. The first-order valence-electron chi connectivity index (χ1n) is 4.75. The van der Waals surface area contributed by atoms with Crippen LogP contribution in [-0.4, -0.2) is 9.78 Å². The van der Waals surface area contributed by atoms with Crippen LogP contribution in [0.5, 0.6) is 0 Å². The highest BCUT2D eigenvalue weighted by molar-refractivity contribution is 6.31. The number of hydrogen-bond donors (Lipinski definition) is 1. The molecule has 0 bridgehead atoms. The number of nitrogens with two attached hydrogens (primary N) is 1. The van der Waals surface area contributed by atoms with Crippen LogP contribution in [0.15, 0.2) is 36.5 Å². The number of halogens is 1. The maximum atomic E-state index is 6.05. The molecule has 0 aliphatic carbocycles. The standard InChI is InChI=1S/C11H12ClN3/c12-11-4-2-1-3-9(11)8-15-6-5-10(7-13)14-15/h1-6H,7-8,13H2. The molecule has 0 unspecified atom stereocenters. The average Bonchev–Trinajstić information content (AvgIpc) is 2.69. The molecule has 0 radical (unpaired) electrons. The zero-order valence-corrected chi connectivity index (χ0v) is 8.98. The van der Waals surface area contributed by atoms with Crippen molar-refractivity contribution in [3.8, 4) is 0 Å². The average molecular weight is 222 g/mol. The van der Waals surface area contributed by atoms with Crippen molar-refractivity contribution in [3.63, 3.8) is 0 Å². The van der Waals surface area contributed by atoms with Crippen LogP contribution in [0.2, 0.25) is 5.02 Å². The number of rotatable bonds is 3. The highest BCUT2D eigenvalue weighted by Gasteiger charge is 2.01. The molecule has 0 atom stereocenters. The van der Waals surface area contributed by atoms with Crippen molar-refractivity contribution in [1.82, 2.24) is 9.78 Å². The fourth-order valence-electron chi connectivity index (χ4n) is 1.40. The molecule has 2 aromatic rings. The minimum Gasteiger partial charge on any atom is -0.325 e. The Hall–Kier alpha value is -1.32. The van der Waals surface area contributed by atoms with Gasteiger partial charge in [-0.25, -0.2) is 0 Å². The van der Waals surface area contributed by atoms with Crippen LogP contribution in [0.25, 0.3) is 0 Å². The van der Waals surface area contributed by atoms with Crippen LogP contribution in [0, 0.1) is 0 Å². The minimum absolute atomic E-state index is 0.468. The predicted molar refractivity (Wildman–Crippen MR) is 60.7 cm³/mol. The third kappa shape index (κ3) is 2.37. The first-order valence-corrected chi connectivity index (χ1v) is 5.13. The maximum Gasteiger partial charge on any atom is 0.0760 e. The van der Waals surface area contributed by atoms with E-state index in [0.29, 0.717) is 13.1 Å². The second kappa shape index (κ2) is 4.47. The Morgan fingerprint density at radius 3 is 2.73 bits per heavy atom. The molecule has 2 N–H and O–H groups in total. The van der Waals surface area contributed by atoms with Crippen LogP contribution in [0.4, 0.5) is 0 Å². The Bertz CT molecular complexity index is 451. The smallest absolute Gasteiger partial charge is 0.0760 e. The number of nitrogens with zero attached hydrogens (tertiary/aromatic N) is 2. The molecule has 15 heavy (non-hydrogen) atoms. The highest BCUT2D eigenvalue weighted by atomic mass is 35.5. The topological polar surface area (TPSA) is 43.8 Å². The van der Waals surface area contributed by atoms with Crippen molar-refractivity contribution in [2.24, 2.45) is 5.73 Å². The molecule has 3 nitrogen and oxygen atoms in total. The Morgan fingerprint density at radius 1 is 1.27 bits per heavy atom. The Labute approximate surface area is 93.5 Å². The van der Waals surface area contributed by atoms with Gasteiger partial charge in [0.25, 0.3) is 0 Å². The maximum absolute atomic E-state index is 6.05. The van der Waals surface area contributed by atoms with Crippen molar-refractivity contribution in [3.05, 3.63) is 52.8 Å². The molecule has 0 saturated heterocycles. The van der Waals surface area contributed by atoms with E-state index in [2.05, 4.69) is 5.10 Å². The summed E-state index contributed by atoms with van der Waals surface area (Å²) in [6.45, 7) is 1.15. The normalized spacial score (nSPS) is 10.5. The lowest BCUT2D eigenvalue weighted by molar-refractivity contribution is 0.672. The monoisotopic (exact) mass is 221 g/mol. The van der Waals surface area contributed by atoms with E-state index in [-0.39, 0.29) is 0 Å². The molecule has 0 saturated carbocycles. The molecule has 0 fully saturated rings. The van der Waals surface area contributed by atoms with Gasteiger partial charge in [0.1, 0.15) is 0 Å². The van der Waals surface area contributed by atoms with Crippen LogP contribution >= 0.6 is 11.6 Å². The van der Waals surface area contributed by atoms with Crippen LogP contribution in [0.3, 0.4) is 0 Å². The number of aromatic nitrogens is 2. The van der Waals surface area contributed by atoms with Gasteiger partial charge in [-0.15, -0.1) is 0 Å². The van der Waals surface area contributed by atoms with Crippen molar-refractivity contribution < 1.29 is 0 Å². The Balaban J connectivity index is 2.18. The summed E-state index contributed by atoms with van der Waals surface area (Å²) in [6.07, 6.45) is 1.91. The summed E-state index contributed by atoms with van der Waals surface area (Å²) in [5.41, 5.74) is 7.44. The molecular weight excluding hydrogens is 210 g/mol. The molecule has 1 aromatic carbocycles. The van der Waals surface area contributed by atoms with Gasteiger partial charge in [0.05, 0.1) is 12.2 Å². The van der Waals surface area contributed by atoms with Crippen LogP contribution in [0.1, 0.15) is 11.3 Å². The van der Waals surface area contributed by atoms with Gasteiger partial charge in [0.2, 0.25) is 0 Å². The van der Waals surface area contributed by atoms with Crippen LogP contribution < -0.4 is 5.73 Å². The van der Waals surface area contributed by atoms with Gasteiger partial charge in [-0.3, -0.25) is 4.68 Å². The van der Waals surface area contributed by atoms with E-state index in [1.165, 1.54) is 0 Å². The Morgan fingerprint density at radius 2 is 2.07 bits per heavy atom. The third-order valence-electron chi connectivity index (χ3n) is 2.20. The summed E-state index contributed by atoms with van der Waals surface area (Å²) < 4.78 is 1.84. The summed E-state index contributed by atoms with van der Waals surface area (Å²) in [4.78, 5) is 0. The number of hydrogen-bond acceptors (Lipinski definition) is 2. The van der Waals surface area contributed by atoms with Gasteiger partial charge in [0.15, 0.2) is 0 Å². The van der Waals surface area contributed by atoms with Gasteiger partial charge in [-0.05, 0) is 17.7 Å². The lowest BCUT2D eigenvalue weighted by Gasteiger charge is -2.03. The summed E-state index contributed by atoms with van der Waals surface area (Å²) in [7, 11) is 0. The first-order chi connectivity index (χ1) is 7.29. The van der Waals surface area contributed by atoms with Crippen LogP contribution in [-0.2, 0) is 13.1 Å². The molecular formula is C11H12ClN3. The van der Waals surface area contributed by atoms with Crippen molar-refractivity contribution >= 4 is 11.6 Å². The van der Waals surface area contributed by atoms with Crippen molar-refractivity contribution in [2.75, 3.05) is 0 Å². The van der Waals surface area contributed by atoms with E-state index in [1.54, 1.807) is 0 Å². The summed E-state index contributed by atoms with van der Waals surface area (Å²) in [5, 5.41) is 5.06. The van der Waals surface area contributed by atoms with Gasteiger partial charge in [0, 0.05) is 17.8 Å². The third-order valence-corrected chi connectivity index (χ3v) is 2.56. The second-order valence-electron chi connectivity index (χ2n) is 3.30. The summed E-state index contributed by atoms with van der Waals surface area (Å²) in [5.74, 6) is 0. The lowest BCUT2D eigenvalue weighted by atomic mass is 10.2. The molecule has 0 aliphatic heterocycles. The predicted octanol–water partition coefficient (Wildman–Crippen LogP) is 2.04. The molecule has 78 valence electrons. The molecule has 0 amide bonds. The first kappa shape index (κ1) is 10.2. The van der Waals surface area contributed by atoms with E-state index in [1.807, 2.05) is 41.2 Å². The molecule has 0 spiro atoms. The largest absolute Gasteiger partial charge is 0.325 e. The van der Waals surface area contributed by atoms with E-state index in [9.17, 15) is 0 Å². The number of benzene rings is 1. The summed E-state index contributed by atoms with van der Waals surface area (Å²) >= 11 is 6.05. The SMILES string of the molecule is NCc1ccn(Cc2ccccc2Cl)n1. The molecule has 1 aromatic heterocycles. The van der Waals surface area contributed by atoms with Gasteiger partial charge in [-0.1, -0.05) is 29.8 Å². The quantitative estimate of drug-likeness (QED) is 0.862. The molecule has 4 heteroatoms. The van der Waals surface area contributed by atoms with E-state index in [0.717, 1.165) is 16.3 Å². The Kier molecular flexibility index (Phi) is 3.04. The molecule has 2 rings (SSSR count). The fourth-order valence-corrected chi connectivity index (χ4v) is 1.60. The van der Waals surface area contributed by atoms with Crippen molar-refractivity contribution in [2.45, 2.75) is 13.1 Å². The van der Waals surface area contributed by atoms with E-state index < -0.39 is 0 Å².